The summed E-state index contributed by atoms with van der Waals surface area (Å²) in [7, 11) is -1.22. The number of benzene rings is 1. The molecule has 1 heterocycles. The standard InChI is InChI=1S/C13H19N3O3Si/c1-20(2,3)7-6-18-13(17)19-16-9-15-11-8-10(14)4-5-12(11)16/h4-5,8-9H,6-7,14H2,1-3H3. The van der Waals surface area contributed by atoms with Crippen molar-refractivity contribution in [1.82, 2.24) is 9.71 Å². The number of nitrogens with zero attached hydrogens (tertiary/aromatic N) is 2. The normalized spacial score (nSPS) is 11.6. The van der Waals surface area contributed by atoms with Gasteiger partial charge in [-0.2, -0.15) is 4.73 Å². The van der Waals surface area contributed by atoms with Crippen LogP contribution in [-0.4, -0.2) is 30.6 Å². The van der Waals surface area contributed by atoms with Gasteiger partial charge in [0, 0.05) is 13.8 Å². The number of aromatic nitrogens is 2. The Morgan fingerprint density at radius 2 is 2.15 bits per heavy atom. The zero-order valence-corrected chi connectivity index (χ0v) is 12.9. The lowest BCUT2D eigenvalue weighted by molar-refractivity contribution is 0.0545. The van der Waals surface area contributed by atoms with Crippen LogP contribution in [-0.2, 0) is 4.74 Å². The highest BCUT2D eigenvalue weighted by atomic mass is 28.3. The second-order valence-corrected chi connectivity index (χ2v) is 11.4. The van der Waals surface area contributed by atoms with Crippen LogP contribution in [0.2, 0.25) is 25.7 Å². The van der Waals surface area contributed by atoms with Crippen LogP contribution in [0.1, 0.15) is 0 Å². The van der Waals surface area contributed by atoms with Gasteiger partial charge in [0.05, 0.1) is 12.1 Å². The first-order valence-corrected chi connectivity index (χ1v) is 10.1. The summed E-state index contributed by atoms with van der Waals surface area (Å²) in [5.74, 6) is 0. The van der Waals surface area contributed by atoms with Crippen LogP contribution in [0.3, 0.4) is 0 Å². The average molecular weight is 293 g/mol. The van der Waals surface area contributed by atoms with E-state index in [-0.39, 0.29) is 0 Å². The summed E-state index contributed by atoms with van der Waals surface area (Å²) in [6.07, 6.45) is 0.698. The van der Waals surface area contributed by atoms with Crippen molar-refractivity contribution in [2.24, 2.45) is 0 Å². The van der Waals surface area contributed by atoms with Crippen LogP contribution in [0.4, 0.5) is 10.5 Å². The van der Waals surface area contributed by atoms with Gasteiger partial charge in [-0.05, 0) is 24.2 Å². The van der Waals surface area contributed by atoms with Crippen molar-refractivity contribution < 1.29 is 14.4 Å². The van der Waals surface area contributed by atoms with E-state index in [1.54, 1.807) is 18.2 Å². The Labute approximate surface area is 118 Å². The Kier molecular flexibility index (Phi) is 3.98. The number of hydrogen-bond acceptors (Lipinski definition) is 5. The summed E-state index contributed by atoms with van der Waals surface area (Å²) in [5, 5.41) is 0. The third-order valence-electron chi connectivity index (χ3n) is 2.78. The summed E-state index contributed by atoms with van der Waals surface area (Å²) < 4.78 is 6.35. The first-order valence-electron chi connectivity index (χ1n) is 6.43. The Bertz CT molecular complexity index is 619. The lowest BCUT2D eigenvalue weighted by Crippen LogP contribution is -2.25. The van der Waals surface area contributed by atoms with Gasteiger partial charge in [0.15, 0.2) is 0 Å². The maximum Gasteiger partial charge on any atom is 0.533 e. The fourth-order valence-electron chi connectivity index (χ4n) is 1.63. The van der Waals surface area contributed by atoms with Gasteiger partial charge in [-0.15, -0.1) is 0 Å². The van der Waals surface area contributed by atoms with E-state index < -0.39 is 14.2 Å². The van der Waals surface area contributed by atoms with Gasteiger partial charge in [-0.3, -0.25) is 4.84 Å². The fraction of sp³-hybridized carbons (Fsp3) is 0.385. The molecule has 2 N–H and O–H groups in total. The lowest BCUT2D eigenvalue weighted by Gasteiger charge is -2.14. The monoisotopic (exact) mass is 293 g/mol. The number of nitrogen functional groups attached to an aromatic ring is 1. The predicted octanol–water partition coefficient (Wildman–Crippen LogP) is 2.52. The molecule has 0 amide bonds. The summed E-state index contributed by atoms with van der Waals surface area (Å²) in [6.45, 7) is 7.04. The summed E-state index contributed by atoms with van der Waals surface area (Å²) in [5.41, 5.74) is 7.61. The van der Waals surface area contributed by atoms with Gasteiger partial charge in [-0.1, -0.05) is 19.6 Å². The van der Waals surface area contributed by atoms with Crippen molar-refractivity contribution in [2.45, 2.75) is 25.7 Å². The third-order valence-corrected chi connectivity index (χ3v) is 4.49. The molecule has 0 bridgehead atoms. The molecule has 0 atom stereocenters. The number of ether oxygens (including phenoxy) is 1. The zero-order chi connectivity index (χ0) is 14.8. The van der Waals surface area contributed by atoms with Crippen molar-refractivity contribution in [2.75, 3.05) is 12.3 Å². The molecule has 1 aromatic carbocycles. The SMILES string of the molecule is C[Si](C)(C)CCOC(=O)On1cnc2cc(N)ccc21. The van der Waals surface area contributed by atoms with E-state index in [4.69, 9.17) is 15.3 Å². The van der Waals surface area contributed by atoms with Crippen molar-refractivity contribution >= 4 is 31.0 Å². The summed E-state index contributed by atoms with van der Waals surface area (Å²) in [4.78, 5) is 20.8. The highest BCUT2D eigenvalue weighted by Crippen LogP contribution is 2.15. The number of carbonyl (C=O) groups is 1. The molecule has 0 unspecified atom stereocenters. The van der Waals surface area contributed by atoms with Crippen LogP contribution < -0.4 is 10.6 Å². The maximum atomic E-state index is 11.6. The smallest absolute Gasteiger partial charge is 0.433 e. The van der Waals surface area contributed by atoms with Crippen LogP contribution in [0.15, 0.2) is 24.5 Å². The Morgan fingerprint density at radius 1 is 1.40 bits per heavy atom. The molecule has 0 saturated heterocycles. The van der Waals surface area contributed by atoms with Crippen LogP contribution in [0.5, 0.6) is 0 Å². The van der Waals surface area contributed by atoms with Crippen LogP contribution >= 0.6 is 0 Å². The van der Waals surface area contributed by atoms with Crippen LogP contribution in [0.25, 0.3) is 11.0 Å². The Morgan fingerprint density at radius 3 is 2.85 bits per heavy atom. The number of hydrogen-bond donors (Lipinski definition) is 1. The number of carbonyl (C=O) groups excluding carboxylic acids is 1. The van der Waals surface area contributed by atoms with Crippen molar-refractivity contribution in [3.05, 3.63) is 24.5 Å². The first-order chi connectivity index (χ1) is 9.35. The van der Waals surface area contributed by atoms with Crippen LogP contribution in [0, 0.1) is 0 Å². The molecule has 0 saturated carbocycles. The molecule has 7 heteroatoms. The molecular weight excluding hydrogens is 274 g/mol. The van der Waals surface area contributed by atoms with Gasteiger partial charge in [0.1, 0.15) is 11.8 Å². The van der Waals surface area contributed by atoms with E-state index in [2.05, 4.69) is 24.6 Å². The average Bonchev–Trinajstić information content (AvgIpc) is 2.70. The van der Waals surface area contributed by atoms with E-state index >= 15 is 0 Å². The number of anilines is 1. The highest BCUT2D eigenvalue weighted by molar-refractivity contribution is 6.76. The van der Waals surface area contributed by atoms with Gasteiger partial charge in [0.25, 0.3) is 0 Å². The van der Waals surface area contributed by atoms with Gasteiger partial charge >= 0.3 is 6.16 Å². The minimum absolute atomic E-state index is 0.383. The molecule has 0 aliphatic carbocycles. The molecule has 1 aromatic heterocycles. The van der Waals surface area contributed by atoms with Gasteiger partial charge in [0.2, 0.25) is 0 Å². The highest BCUT2D eigenvalue weighted by Gasteiger charge is 2.15. The Hall–Kier alpha value is -2.02. The van der Waals surface area contributed by atoms with Gasteiger partial charge < -0.3 is 10.5 Å². The molecule has 108 valence electrons. The molecule has 0 radical (unpaired) electrons. The molecule has 0 aliphatic rings. The number of nitrogens with two attached hydrogens (primary N) is 1. The molecule has 2 rings (SSSR count). The van der Waals surface area contributed by atoms with E-state index in [9.17, 15) is 4.79 Å². The van der Waals surface area contributed by atoms with Crippen molar-refractivity contribution in [3.63, 3.8) is 0 Å². The second kappa shape index (κ2) is 5.54. The molecule has 6 nitrogen and oxygen atoms in total. The maximum absolute atomic E-state index is 11.6. The summed E-state index contributed by atoms with van der Waals surface area (Å²) in [6, 6.07) is 6.09. The second-order valence-electron chi connectivity index (χ2n) is 5.82. The molecule has 2 aromatic rings. The lowest BCUT2D eigenvalue weighted by atomic mass is 10.3. The molecule has 20 heavy (non-hydrogen) atoms. The van der Waals surface area contributed by atoms with E-state index in [0.717, 1.165) is 6.04 Å². The largest absolute Gasteiger partial charge is 0.533 e. The Balaban J connectivity index is 1.96. The fourth-order valence-corrected chi connectivity index (χ4v) is 2.34. The zero-order valence-electron chi connectivity index (χ0n) is 11.9. The number of rotatable bonds is 4. The number of imidazole rings is 1. The number of fused-ring (bicyclic) bond motifs is 1. The first kappa shape index (κ1) is 14.4. The van der Waals surface area contributed by atoms with Gasteiger partial charge in [-0.25, -0.2) is 9.78 Å². The van der Waals surface area contributed by atoms with Crippen molar-refractivity contribution in [3.8, 4) is 0 Å². The van der Waals surface area contributed by atoms with Crippen molar-refractivity contribution in [1.29, 1.82) is 0 Å². The molecule has 0 fully saturated rings. The minimum Gasteiger partial charge on any atom is -0.433 e. The predicted molar refractivity (Wildman–Crippen MR) is 80.2 cm³/mol. The van der Waals surface area contributed by atoms with E-state index in [1.165, 1.54) is 11.1 Å². The quantitative estimate of drug-likeness (QED) is 0.532. The third kappa shape index (κ3) is 3.73. The van der Waals surface area contributed by atoms with E-state index in [0.29, 0.717) is 23.3 Å². The molecule has 0 spiro atoms. The molecular formula is C13H19N3O3Si. The summed E-state index contributed by atoms with van der Waals surface area (Å²) >= 11 is 0. The van der Waals surface area contributed by atoms with E-state index in [1.807, 2.05) is 0 Å². The topological polar surface area (TPSA) is 79.4 Å². The minimum atomic E-state index is -1.22. The molecule has 0 aliphatic heterocycles.